The van der Waals surface area contributed by atoms with Gasteiger partial charge in [0.05, 0.1) is 18.7 Å². The molecule has 0 saturated heterocycles. The Morgan fingerprint density at radius 3 is 2.46 bits per heavy atom. The van der Waals surface area contributed by atoms with Gasteiger partial charge >= 0.3 is 18.0 Å². The van der Waals surface area contributed by atoms with Gasteiger partial charge < -0.3 is 15.2 Å². The summed E-state index contributed by atoms with van der Waals surface area (Å²) in [6.45, 7) is 1.75. The van der Waals surface area contributed by atoms with Crippen LogP contribution in [0.4, 0.5) is 4.79 Å². The molecule has 0 saturated carbocycles. The first-order chi connectivity index (χ1) is 12.3. The molecule has 26 heavy (non-hydrogen) atoms. The van der Waals surface area contributed by atoms with Crippen molar-refractivity contribution in [2.45, 2.75) is 25.8 Å². The Hall–Kier alpha value is -2.25. The van der Waals surface area contributed by atoms with Crippen molar-refractivity contribution in [2.24, 2.45) is 0 Å². The van der Waals surface area contributed by atoms with Crippen LogP contribution in [0.15, 0.2) is 29.5 Å². The van der Waals surface area contributed by atoms with E-state index < -0.39 is 24.0 Å². The highest BCUT2D eigenvalue weighted by molar-refractivity contribution is 6.36. The Morgan fingerprint density at radius 2 is 1.92 bits per heavy atom. The fraction of sp³-hybridized carbons (Fsp3) is 0.353. The molecule has 1 aromatic rings. The summed E-state index contributed by atoms with van der Waals surface area (Å²) < 4.78 is 4.86. The smallest absolute Gasteiger partial charge is 0.337 e. The third-order valence-electron chi connectivity index (χ3n) is 4.06. The molecule has 0 fully saturated rings. The summed E-state index contributed by atoms with van der Waals surface area (Å²) in [6.07, 6.45) is 0.149. The number of rotatable bonds is 6. The normalized spacial score (nSPS) is 17.2. The van der Waals surface area contributed by atoms with Gasteiger partial charge in [0, 0.05) is 34.3 Å². The number of benzene rings is 1. The summed E-state index contributed by atoms with van der Waals surface area (Å²) in [6, 6.07) is 3.54. The number of carbonyl (C=O) groups is 3. The van der Waals surface area contributed by atoms with Crippen LogP contribution in [-0.2, 0) is 14.3 Å². The number of esters is 1. The molecule has 1 aromatic carbocycles. The molecule has 7 nitrogen and oxygen atoms in total. The van der Waals surface area contributed by atoms with E-state index in [1.165, 1.54) is 12.0 Å². The van der Waals surface area contributed by atoms with Crippen LogP contribution in [0.25, 0.3) is 0 Å². The van der Waals surface area contributed by atoms with E-state index in [4.69, 9.17) is 33.0 Å². The van der Waals surface area contributed by atoms with E-state index in [1.807, 2.05) is 0 Å². The largest absolute Gasteiger partial charge is 0.481 e. The maximum Gasteiger partial charge on any atom is 0.337 e. The number of hydrogen-bond donors (Lipinski definition) is 2. The Bertz CT molecular complexity index is 758. The number of carboxylic acid groups (broad SMARTS) is 1. The molecule has 9 heteroatoms. The molecule has 0 bridgehead atoms. The van der Waals surface area contributed by atoms with E-state index >= 15 is 0 Å². The lowest BCUT2D eigenvalue weighted by atomic mass is 9.94. The number of carbonyl (C=O) groups excluding carboxylic acids is 2. The van der Waals surface area contributed by atoms with Gasteiger partial charge in [-0.25, -0.2) is 9.59 Å². The number of nitrogens with one attached hydrogen (secondary N) is 1. The summed E-state index contributed by atoms with van der Waals surface area (Å²) >= 11 is 12.5. The molecule has 0 aliphatic carbocycles. The van der Waals surface area contributed by atoms with Crippen LogP contribution in [-0.4, -0.2) is 41.6 Å². The predicted molar refractivity (Wildman–Crippen MR) is 96.0 cm³/mol. The minimum atomic E-state index is -0.960. The molecule has 0 unspecified atom stereocenters. The first kappa shape index (κ1) is 20.1. The number of halogens is 2. The van der Waals surface area contributed by atoms with Crippen LogP contribution in [0.3, 0.4) is 0 Å². The minimum Gasteiger partial charge on any atom is -0.481 e. The number of amides is 2. The summed E-state index contributed by atoms with van der Waals surface area (Å²) in [5.74, 6) is -1.59. The highest BCUT2D eigenvalue weighted by Gasteiger charge is 2.37. The lowest BCUT2D eigenvalue weighted by Crippen LogP contribution is -2.48. The molecule has 2 N–H and O–H groups in total. The Morgan fingerprint density at radius 1 is 1.31 bits per heavy atom. The van der Waals surface area contributed by atoms with Crippen LogP contribution < -0.4 is 5.32 Å². The topological polar surface area (TPSA) is 95.9 Å². The highest BCUT2D eigenvalue weighted by atomic mass is 35.5. The second kappa shape index (κ2) is 8.42. The van der Waals surface area contributed by atoms with E-state index in [2.05, 4.69) is 5.32 Å². The molecular formula is C17H18Cl2N2O5. The van der Waals surface area contributed by atoms with Crippen LogP contribution in [0.2, 0.25) is 10.0 Å². The molecule has 1 heterocycles. The van der Waals surface area contributed by atoms with Gasteiger partial charge in [0.1, 0.15) is 0 Å². The van der Waals surface area contributed by atoms with Crippen molar-refractivity contribution in [1.29, 1.82) is 0 Å². The number of allylic oxidation sites excluding steroid dienone is 1. The van der Waals surface area contributed by atoms with Crippen molar-refractivity contribution >= 4 is 41.2 Å². The van der Waals surface area contributed by atoms with Gasteiger partial charge in [0.2, 0.25) is 0 Å². The minimum absolute atomic E-state index is 0.0929. The quantitative estimate of drug-likeness (QED) is 0.713. The summed E-state index contributed by atoms with van der Waals surface area (Å²) in [7, 11) is 1.24. The van der Waals surface area contributed by atoms with Gasteiger partial charge in [-0.2, -0.15) is 0 Å². The lowest BCUT2D eigenvalue weighted by Gasteiger charge is -2.35. The van der Waals surface area contributed by atoms with Gasteiger partial charge in [0.15, 0.2) is 0 Å². The summed E-state index contributed by atoms with van der Waals surface area (Å²) in [5, 5.41) is 12.1. The predicted octanol–water partition coefficient (Wildman–Crippen LogP) is 3.37. The molecule has 0 aromatic heterocycles. The second-order valence-electron chi connectivity index (χ2n) is 5.66. The van der Waals surface area contributed by atoms with E-state index in [9.17, 15) is 14.4 Å². The Balaban J connectivity index is 2.48. The Kier molecular flexibility index (Phi) is 6.50. The second-order valence-corrected chi connectivity index (χ2v) is 6.47. The molecule has 0 spiro atoms. The SMILES string of the molecule is COC(=O)C1=C(C)N(CCCC(=O)O)C(=O)N[C@H]1c1c(Cl)cccc1Cl. The van der Waals surface area contributed by atoms with Crippen molar-refractivity contribution in [3.63, 3.8) is 0 Å². The standard InChI is InChI=1S/C17H18Cl2N2O5/c1-9-13(16(24)26-2)15(14-10(18)5-3-6-11(14)19)20-17(25)21(9)8-4-7-12(22)23/h3,5-6,15H,4,7-8H2,1-2H3,(H,20,25)(H,22,23)/t15-/m1/s1. The molecule has 2 amide bonds. The lowest BCUT2D eigenvalue weighted by molar-refractivity contribution is -0.138. The van der Waals surface area contributed by atoms with E-state index in [0.717, 1.165) is 0 Å². The zero-order valence-corrected chi connectivity index (χ0v) is 15.7. The molecule has 0 radical (unpaired) electrons. The first-order valence-electron chi connectivity index (χ1n) is 7.80. The van der Waals surface area contributed by atoms with Gasteiger partial charge in [-0.15, -0.1) is 0 Å². The van der Waals surface area contributed by atoms with Gasteiger partial charge in [-0.3, -0.25) is 9.69 Å². The molecule has 1 aliphatic heterocycles. The van der Waals surface area contributed by atoms with Crippen LogP contribution >= 0.6 is 23.2 Å². The average molecular weight is 401 g/mol. The van der Waals surface area contributed by atoms with Crippen molar-refractivity contribution < 1.29 is 24.2 Å². The fourth-order valence-electron chi connectivity index (χ4n) is 2.82. The zero-order chi connectivity index (χ0) is 19.4. The molecule has 1 aliphatic rings. The van der Waals surface area contributed by atoms with E-state index in [0.29, 0.717) is 21.3 Å². The fourth-order valence-corrected chi connectivity index (χ4v) is 3.43. The van der Waals surface area contributed by atoms with E-state index in [-0.39, 0.29) is 25.0 Å². The van der Waals surface area contributed by atoms with Crippen molar-refractivity contribution in [3.8, 4) is 0 Å². The number of aliphatic carboxylic acids is 1. The van der Waals surface area contributed by atoms with Gasteiger partial charge in [0.25, 0.3) is 0 Å². The van der Waals surface area contributed by atoms with Crippen molar-refractivity contribution in [1.82, 2.24) is 10.2 Å². The average Bonchev–Trinajstić information content (AvgIpc) is 2.56. The number of hydrogen-bond acceptors (Lipinski definition) is 4. The van der Waals surface area contributed by atoms with Crippen LogP contribution in [0, 0.1) is 0 Å². The molecular weight excluding hydrogens is 383 g/mol. The first-order valence-corrected chi connectivity index (χ1v) is 8.56. The number of ether oxygens (including phenoxy) is 1. The molecule has 140 valence electrons. The van der Waals surface area contributed by atoms with Gasteiger partial charge in [-0.05, 0) is 25.5 Å². The number of nitrogens with zero attached hydrogens (tertiary/aromatic N) is 1. The monoisotopic (exact) mass is 400 g/mol. The third-order valence-corrected chi connectivity index (χ3v) is 4.72. The third kappa shape index (κ3) is 4.11. The number of methoxy groups -OCH3 is 1. The number of carboxylic acids is 1. The molecule has 1 atom stereocenters. The zero-order valence-electron chi connectivity index (χ0n) is 14.2. The van der Waals surface area contributed by atoms with Gasteiger partial charge in [-0.1, -0.05) is 29.3 Å². The summed E-state index contributed by atoms with van der Waals surface area (Å²) in [4.78, 5) is 36.9. The molecule has 2 rings (SSSR count). The van der Waals surface area contributed by atoms with Crippen molar-refractivity contribution in [3.05, 3.63) is 45.1 Å². The van der Waals surface area contributed by atoms with Crippen LogP contribution in [0.5, 0.6) is 0 Å². The summed E-state index contributed by atoms with van der Waals surface area (Å²) in [5.41, 5.74) is 0.957. The van der Waals surface area contributed by atoms with E-state index in [1.54, 1.807) is 25.1 Å². The highest BCUT2D eigenvalue weighted by Crippen LogP contribution is 2.38. The maximum absolute atomic E-state index is 12.5. The van der Waals surface area contributed by atoms with Crippen LogP contribution in [0.1, 0.15) is 31.4 Å². The van der Waals surface area contributed by atoms with Crippen molar-refractivity contribution in [2.75, 3.05) is 13.7 Å². The Labute approximate surface area is 160 Å². The number of urea groups is 1. The maximum atomic E-state index is 12.5.